The molecule has 0 radical (unpaired) electrons. The smallest absolute Gasteiger partial charge is 0.339 e. The largest absolute Gasteiger partial charge is 0.480 e. The fourth-order valence-electron chi connectivity index (χ4n) is 1.50. The third kappa shape index (κ3) is 5.93. The van der Waals surface area contributed by atoms with Crippen LogP contribution in [0.25, 0.3) is 0 Å². The van der Waals surface area contributed by atoms with E-state index in [1.165, 1.54) is 0 Å². The van der Waals surface area contributed by atoms with Gasteiger partial charge in [-0.3, -0.25) is 14.7 Å². The number of aryl methyl sites for hydroxylation is 1. The molecule has 0 aliphatic rings. The average molecular weight is 273 g/mol. The van der Waals surface area contributed by atoms with Gasteiger partial charge in [0.2, 0.25) is 0 Å². The number of carboxylic acids is 1. The van der Waals surface area contributed by atoms with Crippen LogP contribution in [0, 0.1) is 0 Å². The Balaban J connectivity index is 2.49. The van der Waals surface area contributed by atoms with Crippen molar-refractivity contribution in [3.63, 3.8) is 0 Å². The van der Waals surface area contributed by atoms with Gasteiger partial charge in [-0.1, -0.05) is 30.3 Å². The van der Waals surface area contributed by atoms with Gasteiger partial charge in [0.25, 0.3) is 0 Å². The topological polar surface area (TPSA) is 107 Å². The van der Waals surface area contributed by atoms with Crippen LogP contribution in [0.1, 0.15) is 12.0 Å². The van der Waals surface area contributed by atoms with E-state index < -0.39 is 25.9 Å². The molecule has 1 rings (SSSR count). The first-order chi connectivity index (χ1) is 8.38. The van der Waals surface area contributed by atoms with Gasteiger partial charge in [-0.05, 0) is 18.4 Å². The van der Waals surface area contributed by atoms with Gasteiger partial charge in [0.15, 0.2) is 0 Å². The summed E-state index contributed by atoms with van der Waals surface area (Å²) in [5, 5.41) is 11.3. The number of nitrogens with one attached hydrogen (secondary N) is 1. The molecule has 1 aromatic carbocycles. The molecule has 0 bridgehead atoms. The second-order valence-electron chi connectivity index (χ2n) is 3.94. The normalized spacial score (nSPS) is 13.2. The lowest BCUT2D eigenvalue weighted by Crippen LogP contribution is -2.37. The molecule has 0 aliphatic heterocycles. The summed E-state index contributed by atoms with van der Waals surface area (Å²) in [5.41, 5.74) is 0.988. The van der Waals surface area contributed by atoms with Crippen molar-refractivity contribution >= 4 is 13.6 Å². The van der Waals surface area contributed by atoms with E-state index >= 15 is 0 Å². The summed E-state index contributed by atoms with van der Waals surface area (Å²) in [5.74, 6) is -1.11. The van der Waals surface area contributed by atoms with Crippen LogP contribution in [0.4, 0.5) is 0 Å². The van der Waals surface area contributed by atoms with Crippen molar-refractivity contribution in [3.8, 4) is 0 Å². The number of carbonyl (C=O) groups is 1. The van der Waals surface area contributed by atoms with E-state index in [1.807, 2.05) is 30.3 Å². The summed E-state index contributed by atoms with van der Waals surface area (Å²) in [6.45, 7) is 0. The Labute approximate surface area is 105 Å². The Kier molecular flexibility index (Phi) is 5.50. The van der Waals surface area contributed by atoms with Crippen molar-refractivity contribution < 1.29 is 24.3 Å². The molecule has 0 spiro atoms. The summed E-state index contributed by atoms with van der Waals surface area (Å²) in [7, 11) is -4.23. The molecule has 0 aliphatic carbocycles. The average Bonchev–Trinajstić information content (AvgIpc) is 2.28. The Morgan fingerprint density at radius 3 is 2.39 bits per heavy atom. The van der Waals surface area contributed by atoms with Crippen molar-refractivity contribution in [3.05, 3.63) is 35.9 Å². The fourth-order valence-corrected chi connectivity index (χ4v) is 1.96. The maximum absolute atomic E-state index is 10.9. The van der Waals surface area contributed by atoms with Crippen molar-refractivity contribution in [1.82, 2.24) is 5.32 Å². The van der Waals surface area contributed by atoms with E-state index in [4.69, 9.17) is 14.9 Å². The fraction of sp³-hybridized carbons (Fsp3) is 0.364. The first kappa shape index (κ1) is 14.9. The molecule has 0 saturated carbocycles. The highest BCUT2D eigenvalue weighted by molar-refractivity contribution is 7.51. The third-order valence-corrected chi connectivity index (χ3v) is 3.00. The summed E-state index contributed by atoms with van der Waals surface area (Å²) in [6.07, 6.45) is 0.185. The lowest BCUT2D eigenvalue weighted by Gasteiger charge is -2.14. The van der Waals surface area contributed by atoms with Crippen molar-refractivity contribution in [1.29, 1.82) is 0 Å². The summed E-state index contributed by atoms with van der Waals surface area (Å²) >= 11 is 0. The number of carboxylic acid groups (broad SMARTS) is 1. The van der Waals surface area contributed by atoms with E-state index in [0.717, 1.165) is 5.56 Å². The predicted molar refractivity (Wildman–Crippen MR) is 66.2 cm³/mol. The van der Waals surface area contributed by atoms with Gasteiger partial charge in [0, 0.05) is 0 Å². The first-order valence-corrected chi connectivity index (χ1v) is 7.23. The highest BCUT2D eigenvalue weighted by atomic mass is 31.2. The van der Waals surface area contributed by atoms with Gasteiger partial charge in [-0.15, -0.1) is 0 Å². The lowest BCUT2D eigenvalue weighted by atomic mass is 10.1. The SMILES string of the molecule is O=C(O)[C@H](CCc1ccccc1)NCP(=O)(O)O. The Bertz CT molecular complexity index is 430. The van der Waals surface area contributed by atoms with Gasteiger partial charge in [0.05, 0.1) is 6.29 Å². The van der Waals surface area contributed by atoms with Crippen LogP contribution in [-0.4, -0.2) is 33.2 Å². The summed E-state index contributed by atoms with van der Waals surface area (Å²) < 4.78 is 10.7. The van der Waals surface area contributed by atoms with Gasteiger partial charge >= 0.3 is 13.6 Å². The molecular formula is C11H16NO5P. The predicted octanol–water partition coefficient (Wildman–Crippen LogP) is 0.797. The zero-order chi connectivity index (χ0) is 13.6. The molecule has 1 aromatic rings. The molecule has 0 heterocycles. The van der Waals surface area contributed by atoms with Crippen molar-refractivity contribution in [2.75, 3.05) is 6.29 Å². The summed E-state index contributed by atoms with van der Waals surface area (Å²) in [4.78, 5) is 28.3. The number of hydrogen-bond donors (Lipinski definition) is 4. The van der Waals surface area contributed by atoms with Crippen LogP contribution in [0.2, 0.25) is 0 Å². The van der Waals surface area contributed by atoms with Crippen LogP contribution in [0.5, 0.6) is 0 Å². The molecule has 6 nitrogen and oxygen atoms in total. The number of benzene rings is 1. The monoisotopic (exact) mass is 273 g/mol. The Morgan fingerprint density at radius 2 is 1.89 bits per heavy atom. The molecule has 0 saturated heterocycles. The molecule has 0 fully saturated rings. The second kappa shape index (κ2) is 6.66. The first-order valence-electron chi connectivity index (χ1n) is 5.43. The van der Waals surface area contributed by atoms with E-state index in [2.05, 4.69) is 5.32 Å². The maximum atomic E-state index is 10.9. The van der Waals surface area contributed by atoms with Gasteiger partial charge in [-0.2, -0.15) is 0 Å². The maximum Gasteiger partial charge on any atom is 0.339 e. The van der Waals surface area contributed by atoms with Crippen molar-refractivity contribution in [2.24, 2.45) is 0 Å². The van der Waals surface area contributed by atoms with Crippen LogP contribution in [0.15, 0.2) is 30.3 Å². The van der Waals surface area contributed by atoms with Crippen LogP contribution in [-0.2, 0) is 15.8 Å². The minimum atomic E-state index is -4.23. The molecule has 0 amide bonds. The molecule has 0 aromatic heterocycles. The van der Waals surface area contributed by atoms with Gasteiger partial charge < -0.3 is 14.9 Å². The highest BCUT2D eigenvalue weighted by Gasteiger charge is 2.21. The van der Waals surface area contributed by atoms with Crippen LogP contribution < -0.4 is 5.32 Å². The quantitative estimate of drug-likeness (QED) is 0.547. The molecule has 18 heavy (non-hydrogen) atoms. The van der Waals surface area contributed by atoms with Gasteiger partial charge in [0.1, 0.15) is 6.04 Å². The molecular weight excluding hydrogens is 257 g/mol. The number of hydrogen-bond acceptors (Lipinski definition) is 3. The molecule has 0 unspecified atom stereocenters. The van der Waals surface area contributed by atoms with E-state index in [-0.39, 0.29) is 6.42 Å². The van der Waals surface area contributed by atoms with E-state index in [1.54, 1.807) is 0 Å². The number of aliphatic carboxylic acids is 1. The minimum Gasteiger partial charge on any atom is -0.480 e. The standard InChI is InChI=1S/C11H16NO5P/c13-11(14)10(12-8-18(15,16)17)7-6-9-4-2-1-3-5-9/h1-5,10,12H,6-8H2,(H,13,14)(H2,15,16,17)/t10-/m0/s1. The second-order valence-corrected chi connectivity index (χ2v) is 5.59. The van der Waals surface area contributed by atoms with E-state index in [9.17, 15) is 9.36 Å². The third-order valence-electron chi connectivity index (χ3n) is 2.41. The Hall–Kier alpha value is -1.20. The summed E-state index contributed by atoms with van der Waals surface area (Å²) in [6, 6.07) is 8.37. The number of rotatable bonds is 7. The van der Waals surface area contributed by atoms with Gasteiger partial charge in [-0.25, -0.2) is 0 Å². The van der Waals surface area contributed by atoms with E-state index in [0.29, 0.717) is 6.42 Å². The lowest BCUT2D eigenvalue weighted by molar-refractivity contribution is -0.139. The van der Waals surface area contributed by atoms with Crippen LogP contribution >= 0.6 is 7.60 Å². The minimum absolute atomic E-state index is 0.277. The zero-order valence-corrected chi connectivity index (χ0v) is 10.6. The zero-order valence-electron chi connectivity index (χ0n) is 9.69. The molecule has 1 atom stereocenters. The van der Waals surface area contributed by atoms with Crippen LogP contribution in [0.3, 0.4) is 0 Å². The highest BCUT2D eigenvalue weighted by Crippen LogP contribution is 2.32. The molecule has 100 valence electrons. The Morgan fingerprint density at radius 1 is 1.28 bits per heavy atom. The molecule has 4 N–H and O–H groups in total. The van der Waals surface area contributed by atoms with Crippen molar-refractivity contribution in [2.45, 2.75) is 18.9 Å². The molecule has 7 heteroatoms.